The van der Waals surface area contributed by atoms with Crippen molar-refractivity contribution in [3.05, 3.63) is 198 Å². The quantitative estimate of drug-likeness (QED) is 0.174. The number of hydrogen-bond donors (Lipinski definition) is 0. The van der Waals surface area contributed by atoms with Crippen molar-refractivity contribution >= 4 is 0 Å². The van der Waals surface area contributed by atoms with Crippen molar-refractivity contribution in [1.29, 1.82) is 0 Å². The fraction of sp³-hybridized carbons (Fsp3) is 0.211. The number of nitrogens with zero attached hydrogens (tertiary/aromatic N) is 3. The van der Waals surface area contributed by atoms with Crippen LogP contribution in [0, 0.1) is 23.7 Å². The van der Waals surface area contributed by atoms with Gasteiger partial charge in [-0.3, -0.25) is 0 Å². The Morgan fingerprint density at radius 2 is 0.951 bits per heavy atom. The molecule has 8 aromatic rings. The fourth-order valence-electron chi connectivity index (χ4n) is 12.6. The van der Waals surface area contributed by atoms with E-state index in [-0.39, 0.29) is 5.41 Å². The SMILES string of the molecule is CC1(c2ccc(-c3nc(-c4ccc(-c5ccccc5)cc4)nc(-c4ccc5c(c4)C4(c6ccccc6Oc6ccccc64)c4ccccc4-5)n3)cc2)CC2CC3CC(C2)C3C1. The molecule has 1 aliphatic heterocycles. The van der Waals surface area contributed by atoms with Gasteiger partial charge in [-0.2, -0.15) is 0 Å². The lowest BCUT2D eigenvalue weighted by molar-refractivity contribution is -0.00573. The molecule has 294 valence electrons. The summed E-state index contributed by atoms with van der Waals surface area (Å²) in [6.45, 7) is 2.53. The highest BCUT2D eigenvalue weighted by Crippen LogP contribution is 2.63. The Hall–Kier alpha value is -6.65. The zero-order chi connectivity index (χ0) is 40.3. The first-order chi connectivity index (χ1) is 30.0. The predicted molar refractivity (Wildman–Crippen MR) is 243 cm³/mol. The summed E-state index contributed by atoms with van der Waals surface area (Å²) in [7, 11) is 0. The maximum Gasteiger partial charge on any atom is 0.164 e. The van der Waals surface area contributed by atoms with Gasteiger partial charge in [-0.05, 0) is 118 Å². The lowest BCUT2D eigenvalue weighted by Crippen LogP contribution is -2.42. The van der Waals surface area contributed by atoms with Crippen LogP contribution in [0.2, 0.25) is 0 Å². The van der Waals surface area contributed by atoms with Crippen molar-refractivity contribution in [1.82, 2.24) is 15.0 Å². The van der Waals surface area contributed by atoms with Gasteiger partial charge in [0.05, 0.1) is 5.41 Å². The predicted octanol–water partition coefficient (Wildman–Crippen LogP) is 13.7. The van der Waals surface area contributed by atoms with Crippen LogP contribution < -0.4 is 4.74 Å². The number of aromatic nitrogens is 3. The molecule has 1 spiro atoms. The highest BCUT2D eigenvalue weighted by molar-refractivity contribution is 5.90. The molecule has 3 unspecified atom stereocenters. The topological polar surface area (TPSA) is 47.9 Å². The van der Waals surface area contributed by atoms with E-state index >= 15 is 0 Å². The van der Waals surface area contributed by atoms with Gasteiger partial charge in [0.15, 0.2) is 17.5 Å². The van der Waals surface area contributed by atoms with E-state index < -0.39 is 5.41 Å². The van der Waals surface area contributed by atoms with Gasteiger partial charge in [0.25, 0.3) is 0 Å². The van der Waals surface area contributed by atoms with Crippen molar-refractivity contribution in [3.8, 4) is 67.9 Å². The third kappa shape index (κ3) is 5.27. The molecule has 61 heavy (non-hydrogen) atoms. The monoisotopic (exact) mass is 787 g/mol. The van der Waals surface area contributed by atoms with Crippen LogP contribution in [-0.4, -0.2) is 15.0 Å². The van der Waals surface area contributed by atoms with E-state index in [2.05, 4.69) is 177 Å². The van der Waals surface area contributed by atoms with Gasteiger partial charge in [0, 0.05) is 27.8 Å². The number of benzene rings is 7. The van der Waals surface area contributed by atoms with Crippen LogP contribution in [0.5, 0.6) is 11.5 Å². The second kappa shape index (κ2) is 13.2. The molecule has 0 N–H and O–H groups in total. The molecule has 15 rings (SSSR count). The van der Waals surface area contributed by atoms with Gasteiger partial charge >= 0.3 is 0 Å². The van der Waals surface area contributed by atoms with Crippen LogP contribution in [0.4, 0.5) is 0 Å². The summed E-state index contributed by atoms with van der Waals surface area (Å²) < 4.78 is 6.62. The summed E-state index contributed by atoms with van der Waals surface area (Å²) >= 11 is 0. The molecule has 0 radical (unpaired) electrons. The van der Waals surface area contributed by atoms with Crippen LogP contribution in [0.15, 0.2) is 170 Å². The lowest BCUT2D eigenvalue weighted by Gasteiger charge is -2.50. The minimum atomic E-state index is -0.580. The fourth-order valence-corrected chi connectivity index (χ4v) is 12.6. The molecule has 5 saturated carbocycles. The summed E-state index contributed by atoms with van der Waals surface area (Å²) in [5.41, 5.74) is 13.5. The minimum Gasteiger partial charge on any atom is -0.457 e. The van der Waals surface area contributed by atoms with E-state index in [9.17, 15) is 0 Å². The average molecular weight is 788 g/mol. The van der Waals surface area contributed by atoms with Crippen molar-refractivity contribution in [2.45, 2.75) is 49.9 Å². The Balaban J connectivity index is 0.964. The van der Waals surface area contributed by atoms with Crippen LogP contribution in [-0.2, 0) is 10.8 Å². The number of hydrogen-bond acceptors (Lipinski definition) is 4. The number of rotatable bonds is 5. The molecule has 3 atom stereocenters. The van der Waals surface area contributed by atoms with Gasteiger partial charge in [-0.1, -0.05) is 159 Å². The molecule has 6 aliphatic carbocycles. The highest BCUT2D eigenvalue weighted by atomic mass is 16.5. The maximum absolute atomic E-state index is 6.62. The molecule has 4 bridgehead atoms. The summed E-state index contributed by atoms with van der Waals surface area (Å²) in [4.78, 5) is 15.9. The lowest BCUT2D eigenvalue weighted by atomic mass is 9.55. The molecule has 0 saturated heterocycles. The summed E-state index contributed by atoms with van der Waals surface area (Å²) in [6, 6.07) is 61.1. The Bertz CT molecular complexity index is 2970. The van der Waals surface area contributed by atoms with Gasteiger partial charge < -0.3 is 4.74 Å². The van der Waals surface area contributed by atoms with Gasteiger partial charge in [0.1, 0.15) is 11.5 Å². The highest BCUT2D eigenvalue weighted by Gasteiger charge is 2.54. The Labute approximate surface area is 357 Å². The first-order valence-electron chi connectivity index (χ1n) is 22.2. The van der Waals surface area contributed by atoms with Crippen LogP contribution in [0.1, 0.15) is 66.8 Å². The normalized spacial score (nSPS) is 23.2. The van der Waals surface area contributed by atoms with Crippen molar-refractivity contribution in [2.24, 2.45) is 23.7 Å². The van der Waals surface area contributed by atoms with Crippen LogP contribution in [0.25, 0.3) is 56.4 Å². The van der Waals surface area contributed by atoms with Gasteiger partial charge in [0.2, 0.25) is 0 Å². The van der Waals surface area contributed by atoms with Gasteiger partial charge in [-0.15, -0.1) is 0 Å². The average Bonchev–Trinajstić information content (AvgIpc) is 3.48. The summed E-state index contributed by atoms with van der Waals surface area (Å²) in [5, 5.41) is 0. The maximum atomic E-state index is 6.62. The van der Waals surface area contributed by atoms with E-state index in [0.29, 0.717) is 17.5 Å². The van der Waals surface area contributed by atoms with E-state index in [1.807, 2.05) is 0 Å². The molecule has 4 nitrogen and oxygen atoms in total. The van der Waals surface area contributed by atoms with Crippen LogP contribution in [0.3, 0.4) is 0 Å². The zero-order valence-electron chi connectivity index (χ0n) is 34.3. The van der Waals surface area contributed by atoms with Crippen molar-refractivity contribution < 1.29 is 4.74 Å². The van der Waals surface area contributed by atoms with E-state index in [4.69, 9.17) is 19.7 Å². The molecule has 5 fully saturated rings. The Morgan fingerprint density at radius 3 is 1.62 bits per heavy atom. The number of ether oxygens (including phenoxy) is 1. The third-order valence-electron chi connectivity index (χ3n) is 15.3. The second-order valence-electron chi connectivity index (χ2n) is 18.7. The zero-order valence-corrected chi connectivity index (χ0v) is 34.3. The van der Waals surface area contributed by atoms with E-state index in [1.165, 1.54) is 65.5 Å². The first kappa shape index (κ1) is 35.1. The van der Waals surface area contributed by atoms with E-state index in [1.54, 1.807) is 0 Å². The minimum absolute atomic E-state index is 0.215. The van der Waals surface area contributed by atoms with Crippen LogP contribution >= 0.6 is 0 Å². The molecule has 4 heteroatoms. The first-order valence-corrected chi connectivity index (χ1v) is 22.2. The van der Waals surface area contributed by atoms with Crippen molar-refractivity contribution in [2.75, 3.05) is 0 Å². The third-order valence-corrected chi connectivity index (χ3v) is 15.3. The number of para-hydroxylation sites is 2. The number of fused-ring (bicyclic) bond motifs is 11. The Morgan fingerprint density at radius 1 is 0.443 bits per heavy atom. The molecule has 2 heterocycles. The molecule has 1 aromatic heterocycles. The Kier molecular flexibility index (Phi) is 7.59. The summed E-state index contributed by atoms with van der Waals surface area (Å²) in [5.74, 6) is 7.48. The summed E-state index contributed by atoms with van der Waals surface area (Å²) in [6.07, 6.45) is 6.99. The van der Waals surface area contributed by atoms with Gasteiger partial charge in [-0.25, -0.2) is 15.0 Å². The largest absolute Gasteiger partial charge is 0.457 e. The van der Waals surface area contributed by atoms with E-state index in [0.717, 1.165) is 68.6 Å². The second-order valence-corrected chi connectivity index (χ2v) is 18.7. The standard InChI is InChI=1S/C57H45N3O/c1-56(33-35-29-41-31-42(30-35)46(41)34-56)43-26-23-39(24-27-43)54-58-53(38-21-19-37(20-22-38)36-11-3-2-4-12-36)59-55(60-54)40-25-28-45-44-13-5-6-14-47(44)57(50(45)32-40)48-15-7-9-17-51(48)61-52-18-10-8-16-49(52)57/h2-28,32,35,41-42,46H,29-31,33-34H2,1H3. The van der Waals surface area contributed by atoms with Crippen molar-refractivity contribution in [3.63, 3.8) is 0 Å². The molecular weight excluding hydrogens is 743 g/mol. The molecule has 7 aliphatic rings. The molecule has 7 aromatic carbocycles. The molecular formula is C57H45N3O. The molecule has 0 amide bonds. The smallest absolute Gasteiger partial charge is 0.164 e.